The quantitative estimate of drug-likeness (QED) is 0.900. The SMILES string of the molecule is CNc1snc(C)c1C(=O)N1CCC[C@H](CCC(C)C)C1. The largest absolute Gasteiger partial charge is 0.378 e. The van der Waals surface area contributed by atoms with E-state index in [2.05, 4.69) is 23.5 Å². The molecule has 1 aromatic heterocycles. The van der Waals surface area contributed by atoms with Gasteiger partial charge in [0.1, 0.15) is 5.00 Å². The molecule has 2 rings (SSSR count). The molecule has 2 heterocycles. The molecular formula is C16H27N3OS. The molecule has 1 aliphatic heterocycles. The standard InChI is InChI=1S/C16H27N3OS/c1-11(2)7-8-13-6-5-9-19(10-13)16(20)14-12(3)18-21-15(14)17-4/h11,13,17H,5-10H2,1-4H3/t13-/m1/s1. The Bertz CT molecular complexity index is 484. The Balaban J connectivity index is 2.03. The first kappa shape index (κ1) is 16.3. The molecule has 1 aromatic rings. The van der Waals surface area contributed by atoms with Gasteiger partial charge < -0.3 is 10.2 Å². The summed E-state index contributed by atoms with van der Waals surface area (Å²) in [4.78, 5) is 14.8. The summed E-state index contributed by atoms with van der Waals surface area (Å²) >= 11 is 1.37. The van der Waals surface area contributed by atoms with Crippen molar-refractivity contribution < 1.29 is 4.79 Å². The van der Waals surface area contributed by atoms with Gasteiger partial charge in [-0.05, 0) is 49.6 Å². The van der Waals surface area contributed by atoms with E-state index in [0.717, 1.165) is 41.7 Å². The minimum absolute atomic E-state index is 0.153. The van der Waals surface area contributed by atoms with Gasteiger partial charge >= 0.3 is 0 Å². The molecule has 0 bridgehead atoms. The number of rotatable bonds is 5. The Labute approximate surface area is 132 Å². The van der Waals surface area contributed by atoms with Crippen molar-refractivity contribution >= 4 is 22.4 Å². The number of hydrogen-bond acceptors (Lipinski definition) is 4. The molecule has 1 amide bonds. The van der Waals surface area contributed by atoms with Crippen LogP contribution in [0.3, 0.4) is 0 Å². The maximum absolute atomic E-state index is 12.8. The molecule has 0 aliphatic carbocycles. The highest BCUT2D eigenvalue weighted by Crippen LogP contribution is 2.29. The zero-order valence-corrected chi connectivity index (χ0v) is 14.4. The fraction of sp³-hybridized carbons (Fsp3) is 0.750. The van der Waals surface area contributed by atoms with Crippen LogP contribution in [0, 0.1) is 18.8 Å². The molecule has 1 atom stereocenters. The summed E-state index contributed by atoms with van der Waals surface area (Å²) in [6, 6.07) is 0. The van der Waals surface area contributed by atoms with Crippen LogP contribution in [0.15, 0.2) is 0 Å². The van der Waals surface area contributed by atoms with Gasteiger partial charge in [0.25, 0.3) is 5.91 Å². The number of nitrogens with zero attached hydrogens (tertiary/aromatic N) is 2. The van der Waals surface area contributed by atoms with Gasteiger partial charge in [0, 0.05) is 20.1 Å². The molecule has 1 aliphatic rings. The van der Waals surface area contributed by atoms with Gasteiger partial charge in [0.2, 0.25) is 0 Å². The lowest BCUT2D eigenvalue weighted by molar-refractivity contribution is 0.0665. The van der Waals surface area contributed by atoms with E-state index in [1.165, 1.54) is 30.8 Å². The lowest BCUT2D eigenvalue weighted by Crippen LogP contribution is -2.40. The van der Waals surface area contributed by atoms with Crippen LogP contribution in [0.4, 0.5) is 5.00 Å². The van der Waals surface area contributed by atoms with E-state index in [9.17, 15) is 4.79 Å². The number of anilines is 1. The lowest BCUT2D eigenvalue weighted by Gasteiger charge is -2.33. The number of nitrogens with one attached hydrogen (secondary N) is 1. The Kier molecular flexibility index (Phi) is 5.62. The van der Waals surface area contributed by atoms with E-state index >= 15 is 0 Å². The molecule has 21 heavy (non-hydrogen) atoms. The predicted molar refractivity (Wildman–Crippen MR) is 89.1 cm³/mol. The van der Waals surface area contributed by atoms with Gasteiger partial charge in [-0.1, -0.05) is 20.3 Å². The van der Waals surface area contributed by atoms with Gasteiger partial charge in [-0.25, -0.2) is 0 Å². The summed E-state index contributed by atoms with van der Waals surface area (Å²) in [7, 11) is 1.85. The van der Waals surface area contributed by atoms with Crippen molar-refractivity contribution in [1.82, 2.24) is 9.27 Å². The Morgan fingerprint density at radius 3 is 2.95 bits per heavy atom. The molecule has 0 saturated carbocycles. The molecule has 0 radical (unpaired) electrons. The molecule has 1 fully saturated rings. The number of hydrogen-bond donors (Lipinski definition) is 1. The van der Waals surface area contributed by atoms with Gasteiger partial charge in [-0.2, -0.15) is 4.37 Å². The van der Waals surface area contributed by atoms with E-state index in [0.29, 0.717) is 5.92 Å². The molecule has 5 heteroatoms. The van der Waals surface area contributed by atoms with E-state index in [1.54, 1.807) is 0 Å². The van der Waals surface area contributed by atoms with Crippen LogP contribution in [0.2, 0.25) is 0 Å². The van der Waals surface area contributed by atoms with Crippen molar-refractivity contribution in [2.45, 2.75) is 46.5 Å². The summed E-state index contributed by atoms with van der Waals surface area (Å²) < 4.78 is 4.31. The van der Waals surface area contributed by atoms with Crippen molar-refractivity contribution in [2.75, 3.05) is 25.5 Å². The van der Waals surface area contributed by atoms with Crippen LogP contribution in [-0.4, -0.2) is 35.3 Å². The molecule has 1 N–H and O–H groups in total. The molecule has 0 aromatic carbocycles. The predicted octanol–water partition coefficient (Wildman–Crippen LogP) is 3.78. The fourth-order valence-electron chi connectivity index (χ4n) is 3.00. The number of amides is 1. The normalized spacial score (nSPS) is 19.1. The fourth-order valence-corrected chi connectivity index (χ4v) is 3.74. The Hall–Kier alpha value is -1.10. The van der Waals surface area contributed by atoms with Crippen molar-refractivity contribution in [3.8, 4) is 0 Å². The minimum Gasteiger partial charge on any atom is -0.378 e. The van der Waals surface area contributed by atoms with Crippen molar-refractivity contribution in [1.29, 1.82) is 0 Å². The van der Waals surface area contributed by atoms with E-state index in [4.69, 9.17) is 0 Å². The molecule has 118 valence electrons. The van der Waals surface area contributed by atoms with Gasteiger partial charge in [-0.3, -0.25) is 4.79 Å². The highest BCUT2D eigenvalue weighted by molar-refractivity contribution is 7.10. The average Bonchev–Trinajstić information content (AvgIpc) is 2.85. The number of likely N-dealkylation sites (tertiary alicyclic amines) is 1. The molecule has 0 spiro atoms. The monoisotopic (exact) mass is 309 g/mol. The number of aryl methyl sites for hydroxylation is 1. The van der Waals surface area contributed by atoms with Crippen molar-refractivity contribution in [3.63, 3.8) is 0 Å². The first-order valence-corrected chi connectivity index (χ1v) is 8.73. The number of carbonyl (C=O) groups excluding carboxylic acids is 1. The number of piperidine rings is 1. The summed E-state index contributed by atoms with van der Waals surface area (Å²) in [6.07, 6.45) is 4.88. The van der Waals surface area contributed by atoms with Crippen LogP contribution in [0.1, 0.15) is 55.6 Å². The van der Waals surface area contributed by atoms with Crippen LogP contribution < -0.4 is 5.32 Å². The third-order valence-electron chi connectivity index (χ3n) is 4.26. The van der Waals surface area contributed by atoms with Crippen LogP contribution >= 0.6 is 11.5 Å². The highest BCUT2D eigenvalue weighted by atomic mass is 32.1. The summed E-state index contributed by atoms with van der Waals surface area (Å²) in [5.74, 6) is 1.56. The van der Waals surface area contributed by atoms with Gasteiger partial charge in [0.05, 0.1) is 11.3 Å². The van der Waals surface area contributed by atoms with Crippen LogP contribution in [0.25, 0.3) is 0 Å². The number of carbonyl (C=O) groups is 1. The van der Waals surface area contributed by atoms with Gasteiger partial charge in [0.15, 0.2) is 0 Å². The van der Waals surface area contributed by atoms with Crippen LogP contribution in [0.5, 0.6) is 0 Å². The Morgan fingerprint density at radius 2 is 2.29 bits per heavy atom. The molecule has 0 unspecified atom stereocenters. The number of aromatic nitrogens is 1. The van der Waals surface area contributed by atoms with E-state index < -0.39 is 0 Å². The van der Waals surface area contributed by atoms with E-state index in [-0.39, 0.29) is 5.91 Å². The maximum atomic E-state index is 12.8. The Morgan fingerprint density at radius 1 is 1.52 bits per heavy atom. The molecule has 1 saturated heterocycles. The van der Waals surface area contributed by atoms with Gasteiger partial charge in [-0.15, -0.1) is 0 Å². The summed E-state index contributed by atoms with van der Waals surface area (Å²) in [5.41, 5.74) is 1.62. The zero-order chi connectivity index (χ0) is 15.4. The van der Waals surface area contributed by atoms with Crippen LogP contribution in [-0.2, 0) is 0 Å². The molecular weight excluding hydrogens is 282 g/mol. The van der Waals surface area contributed by atoms with Crippen molar-refractivity contribution in [2.24, 2.45) is 11.8 Å². The maximum Gasteiger partial charge on any atom is 0.258 e. The third kappa shape index (κ3) is 3.96. The molecule has 4 nitrogen and oxygen atoms in total. The zero-order valence-electron chi connectivity index (χ0n) is 13.6. The lowest BCUT2D eigenvalue weighted by atomic mass is 9.90. The van der Waals surface area contributed by atoms with E-state index in [1.807, 2.05) is 18.9 Å². The second-order valence-corrected chi connectivity index (χ2v) is 7.23. The smallest absolute Gasteiger partial charge is 0.258 e. The summed E-state index contributed by atoms with van der Waals surface area (Å²) in [6.45, 7) is 8.25. The highest BCUT2D eigenvalue weighted by Gasteiger charge is 2.28. The third-order valence-corrected chi connectivity index (χ3v) is 5.22. The average molecular weight is 309 g/mol. The summed E-state index contributed by atoms with van der Waals surface area (Å²) in [5, 5.41) is 3.99. The first-order valence-electron chi connectivity index (χ1n) is 7.96. The minimum atomic E-state index is 0.153. The topological polar surface area (TPSA) is 45.2 Å². The second kappa shape index (κ2) is 7.25. The van der Waals surface area contributed by atoms with Crippen molar-refractivity contribution in [3.05, 3.63) is 11.3 Å². The second-order valence-electron chi connectivity index (χ2n) is 6.45. The first-order chi connectivity index (χ1) is 10.0.